The molecule has 0 spiro atoms. The van der Waals surface area contributed by atoms with E-state index in [4.69, 9.17) is 9.57 Å². The predicted octanol–water partition coefficient (Wildman–Crippen LogP) is 4.11. The van der Waals surface area contributed by atoms with E-state index in [-0.39, 0.29) is 18.8 Å². The standard InChI is InChI=1S/C22H24F2N6O2/c1-15(28-32-13-17-5-8-19(9-6-17)22(2,23)24)18-7-10-21(25-11-18)31-14-20-26-29-30(27-20)12-16-3-4-16/h5-11,16H,3-4,12-14H2,1-2H3. The molecule has 3 aromatic rings. The van der Waals surface area contributed by atoms with Crippen molar-refractivity contribution in [1.82, 2.24) is 25.2 Å². The van der Waals surface area contributed by atoms with Crippen LogP contribution in [-0.2, 0) is 30.5 Å². The van der Waals surface area contributed by atoms with Crippen molar-refractivity contribution in [3.8, 4) is 5.88 Å². The molecule has 0 N–H and O–H groups in total. The maximum absolute atomic E-state index is 13.3. The number of rotatable bonds is 10. The van der Waals surface area contributed by atoms with Gasteiger partial charge >= 0.3 is 0 Å². The summed E-state index contributed by atoms with van der Waals surface area (Å²) in [6.45, 7) is 3.83. The average Bonchev–Trinajstić information content (AvgIpc) is 3.48. The molecular weight excluding hydrogens is 418 g/mol. The molecule has 8 nitrogen and oxygen atoms in total. The zero-order chi connectivity index (χ0) is 22.6. The van der Waals surface area contributed by atoms with Gasteiger partial charge in [-0.05, 0) is 42.5 Å². The van der Waals surface area contributed by atoms with Crippen LogP contribution in [0.2, 0.25) is 0 Å². The Bertz CT molecular complexity index is 1060. The lowest BCUT2D eigenvalue weighted by molar-refractivity contribution is 0.0174. The number of hydrogen-bond donors (Lipinski definition) is 0. The first-order valence-corrected chi connectivity index (χ1v) is 10.4. The van der Waals surface area contributed by atoms with E-state index in [0.29, 0.717) is 23.3 Å². The molecule has 2 aromatic heterocycles. The fourth-order valence-corrected chi connectivity index (χ4v) is 2.91. The van der Waals surface area contributed by atoms with Crippen LogP contribution in [0.1, 0.15) is 49.2 Å². The van der Waals surface area contributed by atoms with Crippen molar-refractivity contribution in [3.05, 3.63) is 65.1 Å². The van der Waals surface area contributed by atoms with E-state index in [1.54, 1.807) is 36.1 Å². The number of tetrazole rings is 1. The van der Waals surface area contributed by atoms with E-state index in [2.05, 4.69) is 25.6 Å². The molecule has 4 rings (SSSR count). The van der Waals surface area contributed by atoms with Crippen LogP contribution in [0, 0.1) is 5.92 Å². The minimum Gasteiger partial charge on any atom is -0.469 e. The molecule has 1 saturated carbocycles. The summed E-state index contributed by atoms with van der Waals surface area (Å²) in [7, 11) is 0. The molecule has 32 heavy (non-hydrogen) atoms. The number of hydrogen-bond acceptors (Lipinski definition) is 7. The summed E-state index contributed by atoms with van der Waals surface area (Å²) < 4.78 is 32.1. The number of ether oxygens (including phenoxy) is 1. The molecule has 0 saturated heterocycles. The first kappa shape index (κ1) is 21.8. The lowest BCUT2D eigenvalue weighted by Crippen LogP contribution is -2.06. The molecule has 1 aliphatic rings. The zero-order valence-corrected chi connectivity index (χ0v) is 17.9. The minimum absolute atomic E-state index is 0.0343. The van der Waals surface area contributed by atoms with Crippen molar-refractivity contribution in [1.29, 1.82) is 0 Å². The Morgan fingerprint density at radius 2 is 1.94 bits per heavy atom. The molecule has 1 fully saturated rings. The smallest absolute Gasteiger partial charge is 0.270 e. The summed E-state index contributed by atoms with van der Waals surface area (Å²) >= 11 is 0. The SMILES string of the molecule is CC(=NOCc1ccc(C(C)(F)F)cc1)c1ccc(OCc2nnn(CC3CC3)n2)nc1. The van der Waals surface area contributed by atoms with Gasteiger partial charge in [0.15, 0.2) is 6.61 Å². The Balaban J connectivity index is 1.25. The first-order valence-electron chi connectivity index (χ1n) is 10.4. The Labute approximate surface area is 184 Å². The molecule has 1 aliphatic carbocycles. The number of alkyl halides is 2. The van der Waals surface area contributed by atoms with Crippen LogP contribution in [0.15, 0.2) is 47.8 Å². The predicted molar refractivity (Wildman–Crippen MR) is 112 cm³/mol. The van der Waals surface area contributed by atoms with Crippen molar-refractivity contribution >= 4 is 5.71 Å². The second-order valence-electron chi connectivity index (χ2n) is 7.91. The van der Waals surface area contributed by atoms with Gasteiger partial charge in [0.05, 0.1) is 12.3 Å². The van der Waals surface area contributed by atoms with Gasteiger partial charge < -0.3 is 9.57 Å². The Kier molecular flexibility index (Phi) is 6.38. The van der Waals surface area contributed by atoms with Crippen molar-refractivity contribution in [3.63, 3.8) is 0 Å². The Hall–Kier alpha value is -3.43. The van der Waals surface area contributed by atoms with E-state index in [0.717, 1.165) is 24.6 Å². The van der Waals surface area contributed by atoms with Crippen LogP contribution in [0.5, 0.6) is 5.88 Å². The summed E-state index contributed by atoms with van der Waals surface area (Å²) in [5, 5.41) is 16.4. The van der Waals surface area contributed by atoms with Gasteiger partial charge in [0.1, 0.15) is 6.61 Å². The highest BCUT2D eigenvalue weighted by atomic mass is 19.3. The monoisotopic (exact) mass is 442 g/mol. The third kappa shape index (κ3) is 6.05. The molecule has 0 amide bonds. The summed E-state index contributed by atoms with van der Waals surface area (Å²) in [4.78, 5) is 11.2. The zero-order valence-electron chi connectivity index (χ0n) is 17.9. The van der Waals surface area contributed by atoms with Gasteiger partial charge in [-0.3, -0.25) is 0 Å². The number of aromatic nitrogens is 5. The van der Waals surface area contributed by atoms with Gasteiger partial charge in [-0.15, -0.1) is 10.2 Å². The van der Waals surface area contributed by atoms with Crippen molar-refractivity contribution in [2.75, 3.05) is 0 Å². The first-order chi connectivity index (χ1) is 15.4. The van der Waals surface area contributed by atoms with Crippen molar-refractivity contribution in [2.24, 2.45) is 11.1 Å². The van der Waals surface area contributed by atoms with Crippen LogP contribution in [0.4, 0.5) is 8.78 Å². The highest BCUT2D eigenvalue weighted by Crippen LogP contribution is 2.30. The van der Waals surface area contributed by atoms with Crippen molar-refractivity contribution in [2.45, 2.75) is 52.4 Å². The molecule has 0 bridgehead atoms. The number of benzene rings is 1. The number of pyridine rings is 1. The number of oxime groups is 1. The normalized spacial score (nSPS) is 14.4. The largest absolute Gasteiger partial charge is 0.469 e. The minimum atomic E-state index is -2.86. The molecule has 0 aliphatic heterocycles. The fourth-order valence-electron chi connectivity index (χ4n) is 2.91. The average molecular weight is 442 g/mol. The Morgan fingerprint density at radius 1 is 1.16 bits per heavy atom. The second kappa shape index (κ2) is 9.37. The van der Waals surface area contributed by atoms with Crippen LogP contribution in [0.25, 0.3) is 0 Å². The number of nitrogens with zero attached hydrogens (tertiary/aromatic N) is 6. The van der Waals surface area contributed by atoms with Crippen LogP contribution >= 0.6 is 0 Å². The summed E-state index contributed by atoms with van der Waals surface area (Å²) in [6.07, 6.45) is 4.09. The summed E-state index contributed by atoms with van der Waals surface area (Å²) in [5.74, 6) is -1.23. The van der Waals surface area contributed by atoms with Crippen LogP contribution in [0.3, 0.4) is 0 Å². The highest BCUT2D eigenvalue weighted by molar-refractivity contribution is 5.98. The molecule has 10 heteroatoms. The molecule has 1 aromatic carbocycles. The third-order valence-corrected chi connectivity index (χ3v) is 5.01. The van der Waals surface area contributed by atoms with Gasteiger partial charge in [-0.2, -0.15) is 4.80 Å². The number of halogens is 2. The van der Waals surface area contributed by atoms with Gasteiger partial charge in [0, 0.05) is 30.3 Å². The van der Waals surface area contributed by atoms with E-state index in [9.17, 15) is 8.78 Å². The van der Waals surface area contributed by atoms with Gasteiger partial charge in [0.25, 0.3) is 5.92 Å². The van der Waals surface area contributed by atoms with Crippen molar-refractivity contribution < 1.29 is 18.4 Å². The van der Waals surface area contributed by atoms with E-state index < -0.39 is 5.92 Å². The summed E-state index contributed by atoms with van der Waals surface area (Å²) in [6, 6.07) is 9.53. The van der Waals surface area contributed by atoms with E-state index in [1.807, 2.05) is 6.07 Å². The second-order valence-corrected chi connectivity index (χ2v) is 7.91. The Morgan fingerprint density at radius 3 is 2.59 bits per heavy atom. The molecule has 168 valence electrons. The maximum atomic E-state index is 13.3. The van der Waals surface area contributed by atoms with Gasteiger partial charge in [-0.25, -0.2) is 13.8 Å². The lowest BCUT2D eigenvalue weighted by Gasteiger charge is -2.10. The quantitative estimate of drug-likeness (QED) is 0.347. The molecule has 0 radical (unpaired) electrons. The molecular formula is C22H24F2N6O2. The van der Waals surface area contributed by atoms with E-state index >= 15 is 0 Å². The van der Waals surface area contributed by atoms with Gasteiger partial charge in [-0.1, -0.05) is 29.4 Å². The molecule has 0 unspecified atom stereocenters. The molecule has 2 heterocycles. The van der Waals surface area contributed by atoms with Crippen LogP contribution in [-0.4, -0.2) is 30.9 Å². The highest BCUT2D eigenvalue weighted by Gasteiger charge is 2.24. The topological polar surface area (TPSA) is 87.3 Å². The maximum Gasteiger partial charge on any atom is 0.270 e. The lowest BCUT2D eigenvalue weighted by atomic mass is 10.1. The third-order valence-electron chi connectivity index (χ3n) is 5.01. The summed E-state index contributed by atoms with van der Waals surface area (Å²) in [5.41, 5.74) is 2.12. The van der Waals surface area contributed by atoms with E-state index in [1.165, 1.54) is 25.0 Å². The molecule has 0 atom stereocenters. The fraction of sp³-hybridized carbons (Fsp3) is 0.409. The van der Waals surface area contributed by atoms with Gasteiger partial charge in [0.2, 0.25) is 11.7 Å². The van der Waals surface area contributed by atoms with Crippen LogP contribution < -0.4 is 4.74 Å².